The SMILES string of the molecule is CCNNCCCC(=O)O. The Hall–Kier alpha value is -0.610. The first-order chi connectivity index (χ1) is 4.77. The molecule has 0 rings (SSSR count). The Morgan fingerprint density at radius 1 is 1.50 bits per heavy atom. The molecule has 0 amide bonds. The van der Waals surface area contributed by atoms with E-state index in [1.54, 1.807) is 0 Å². The van der Waals surface area contributed by atoms with Crippen LogP contribution in [0.2, 0.25) is 0 Å². The molecular formula is C6H14N2O2. The minimum Gasteiger partial charge on any atom is -0.481 e. The zero-order valence-electron chi connectivity index (χ0n) is 6.18. The molecule has 0 unspecified atom stereocenters. The Morgan fingerprint density at radius 2 is 2.20 bits per heavy atom. The van der Waals surface area contributed by atoms with Crippen molar-refractivity contribution in [1.82, 2.24) is 10.9 Å². The number of rotatable bonds is 6. The van der Waals surface area contributed by atoms with Crippen molar-refractivity contribution in [3.05, 3.63) is 0 Å². The smallest absolute Gasteiger partial charge is 0.303 e. The van der Waals surface area contributed by atoms with Gasteiger partial charge in [-0.25, -0.2) is 0 Å². The molecule has 4 heteroatoms. The minimum absolute atomic E-state index is 0.235. The molecule has 0 bridgehead atoms. The van der Waals surface area contributed by atoms with E-state index in [1.807, 2.05) is 6.92 Å². The zero-order valence-corrected chi connectivity index (χ0v) is 6.18. The lowest BCUT2D eigenvalue weighted by molar-refractivity contribution is -0.137. The van der Waals surface area contributed by atoms with Crippen molar-refractivity contribution in [2.45, 2.75) is 19.8 Å². The fourth-order valence-electron chi connectivity index (χ4n) is 0.541. The number of hydrazine groups is 1. The third kappa shape index (κ3) is 7.39. The summed E-state index contributed by atoms with van der Waals surface area (Å²) in [5, 5.41) is 8.22. The number of carboxylic acid groups (broad SMARTS) is 1. The number of hydrogen-bond acceptors (Lipinski definition) is 3. The molecule has 0 aliphatic heterocycles. The largest absolute Gasteiger partial charge is 0.481 e. The van der Waals surface area contributed by atoms with Crippen LogP contribution in [0.25, 0.3) is 0 Å². The van der Waals surface area contributed by atoms with Gasteiger partial charge in [-0.2, -0.15) is 0 Å². The quantitative estimate of drug-likeness (QED) is 0.363. The number of hydrogen-bond donors (Lipinski definition) is 3. The van der Waals surface area contributed by atoms with Crippen LogP contribution in [0.5, 0.6) is 0 Å². The average Bonchev–Trinajstić information content (AvgIpc) is 1.87. The summed E-state index contributed by atoms with van der Waals surface area (Å²) >= 11 is 0. The highest BCUT2D eigenvalue weighted by atomic mass is 16.4. The lowest BCUT2D eigenvalue weighted by atomic mass is 10.3. The van der Waals surface area contributed by atoms with Gasteiger partial charge >= 0.3 is 5.97 Å². The molecule has 10 heavy (non-hydrogen) atoms. The van der Waals surface area contributed by atoms with Crippen molar-refractivity contribution in [1.29, 1.82) is 0 Å². The van der Waals surface area contributed by atoms with Gasteiger partial charge in [-0.1, -0.05) is 6.92 Å². The van der Waals surface area contributed by atoms with E-state index in [9.17, 15) is 4.79 Å². The molecule has 0 aliphatic rings. The van der Waals surface area contributed by atoms with Crippen LogP contribution >= 0.6 is 0 Å². The number of carboxylic acids is 1. The topological polar surface area (TPSA) is 61.4 Å². The molecule has 0 aromatic heterocycles. The molecule has 0 aromatic carbocycles. The Bertz CT molecular complexity index is 95.7. The van der Waals surface area contributed by atoms with E-state index >= 15 is 0 Å². The summed E-state index contributed by atoms with van der Waals surface area (Å²) in [5.41, 5.74) is 5.76. The summed E-state index contributed by atoms with van der Waals surface area (Å²) in [4.78, 5) is 9.98. The maximum Gasteiger partial charge on any atom is 0.303 e. The molecule has 0 aromatic rings. The average molecular weight is 146 g/mol. The van der Waals surface area contributed by atoms with Crippen LogP contribution in [0.1, 0.15) is 19.8 Å². The molecule has 0 radical (unpaired) electrons. The highest BCUT2D eigenvalue weighted by Crippen LogP contribution is 1.84. The van der Waals surface area contributed by atoms with Crippen molar-refractivity contribution in [3.63, 3.8) is 0 Å². The summed E-state index contributed by atoms with van der Waals surface area (Å²) in [5.74, 6) is -0.738. The van der Waals surface area contributed by atoms with Crippen molar-refractivity contribution < 1.29 is 9.90 Å². The maximum absolute atomic E-state index is 9.98. The van der Waals surface area contributed by atoms with Gasteiger partial charge in [0.05, 0.1) is 0 Å². The van der Waals surface area contributed by atoms with Crippen LogP contribution in [0.4, 0.5) is 0 Å². The van der Waals surface area contributed by atoms with Gasteiger partial charge in [0.15, 0.2) is 0 Å². The molecule has 60 valence electrons. The molecule has 0 aliphatic carbocycles. The van der Waals surface area contributed by atoms with E-state index in [0.29, 0.717) is 13.0 Å². The molecule has 0 heterocycles. The van der Waals surface area contributed by atoms with Gasteiger partial charge in [-0.05, 0) is 6.42 Å². The van der Waals surface area contributed by atoms with Crippen molar-refractivity contribution in [3.8, 4) is 0 Å². The van der Waals surface area contributed by atoms with E-state index in [-0.39, 0.29) is 6.42 Å². The van der Waals surface area contributed by atoms with E-state index < -0.39 is 5.97 Å². The van der Waals surface area contributed by atoms with Crippen LogP contribution in [0.15, 0.2) is 0 Å². The summed E-state index contributed by atoms with van der Waals surface area (Å²) in [6, 6.07) is 0. The van der Waals surface area contributed by atoms with Crippen LogP contribution in [-0.2, 0) is 4.79 Å². The lowest BCUT2D eigenvalue weighted by Crippen LogP contribution is -2.32. The van der Waals surface area contributed by atoms with Crippen LogP contribution in [0.3, 0.4) is 0 Å². The third-order valence-corrected chi connectivity index (χ3v) is 0.994. The maximum atomic E-state index is 9.98. The molecular weight excluding hydrogens is 132 g/mol. The Balaban J connectivity index is 2.84. The molecule has 4 nitrogen and oxygen atoms in total. The van der Waals surface area contributed by atoms with Gasteiger partial charge in [0, 0.05) is 19.5 Å². The van der Waals surface area contributed by atoms with Crippen molar-refractivity contribution >= 4 is 5.97 Å². The molecule has 0 spiro atoms. The van der Waals surface area contributed by atoms with Gasteiger partial charge in [0.25, 0.3) is 0 Å². The van der Waals surface area contributed by atoms with Crippen LogP contribution in [0, 0.1) is 0 Å². The second-order valence-corrected chi connectivity index (χ2v) is 1.95. The minimum atomic E-state index is -0.738. The summed E-state index contributed by atoms with van der Waals surface area (Å²) in [6.45, 7) is 3.54. The Labute approximate surface area is 60.6 Å². The van der Waals surface area contributed by atoms with E-state index in [4.69, 9.17) is 5.11 Å². The molecule has 0 fully saturated rings. The fourth-order valence-corrected chi connectivity index (χ4v) is 0.541. The predicted octanol–water partition coefficient (Wildman–Crippen LogP) is -0.0347. The van der Waals surface area contributed by atoms with Crippen LogP contribution < -0.4 is 10.9 Å². The number of nitrogens with one attached hydrogen (secondary N) is 2. The first-order valence-corrected chi connectivity index (χ1v) is 3.45. The Kier molecular flexibility index (Phi) is 6.11. The number of aliphatic carboxylic acids is 1. The molecule has 3 N–H and O–H groups in total. The van der Waals surface area contributed by atoms with E-state index in [0.717, 1.165) is 6.54 Å². The molecule has 0 atom stereocenters. The predicted molar refractivity (Wildman–Crippen MR) is 38.5 cm³/mol. The van der Waals surface area contributed by atoms with E-state index in [2.05, 4.69) is 10.9 Å². The molecule has 0 saturated heterocycles. The number of carbonyl (C=O) groups is 1. The first kappa shape index (κ1) is 9.39. The monoisotopic (exact) mass is 146 g/mol. The second-order valence-electron chi connectivity index (χ2n) is 1.95. The van der Waals surface area contributed by atoms with Crippen molar-refractivity contribution in [2.24, 2.45) is 0 Å². The summed E-state index contributed by atoms with van der Waals surface area (Å²) in [7, 11) is 0. The highest BCUT2D eigenvalue weighted by Gasteiger charge is 1.93. The standard InChI is InChI=1S/C6H14N2O2/c1-2-7-8-5-3-4-6(9)10/h7-8H,2-5H2,1H3,(H,9,10). The summed E-state index contributed by atoms with van der Waals surface area (Å²) < 4.78 is 0. The molecule has 0 saturated carbocycles. The van der Waals surface area contributed by atoms with Crippen LogP contribution in [-0.4, -0.2) is 24.2 Å². The fraction of sp³-hybridized carbons (Fsp3) is 0.833. The zero-order chi connectivity index (χ0) is 7.82. The highest BCUT2D eigenvalue weighted by molar-refractivity contribution is 5.66. The summed E-state index contributed by atoms with van der Waals surface area (Å²) in [6.07, 6.45) is 0.903. The van der Waals surface area contributed by atoms with Crippen molar-refractivity contribution in [2.75, 3.05) is 13.1 Å². The van der Waals surface area contributed by atoms with Gasteiger partial charge < -0.3 is 5.11 Å². The third-order valence-electron chi connectivity index (χ3n) is 0.994. The van der Waals surface area contributed by atoms with Gasteiger partial charge in [0.1, 0.15) is 0 Å². The normalized spacial score (nSPS) is 9.70. The van der Waals surface area contributed by atoms with Gasteiger partial charge in [-0.15, -0.1) is 0 Å². The van der Waals surface area contributed by atoms with E-state index in [1.165, 1.54) is 0 Å². The second kappa shape index (κ2) is 6.51. The lowest BCUT2D eigenvalue weighted by Gasteiger charge is -2.01. The van der Waals surface area contributed by atoms with Gasteiger partial charge in [0.2, 0.25) is 0 Å². The van der Waals surface area contributed by atoms with Gasteiger partial charge in [-0.3, -0.25) is 15.6 Å². The first-order valence-electron chi connectivity index (χ1n) is 3.45. The Morgan fingerprint density at radius 3 is 2.70 bits per heavy atom.